The Morgan fingerprint density at radius 2 is 1.50 bits per heavy atom. The molecule has 1 unspecified atom stereocenters. The highest BCUT2D eigenvalue weighted by molar-refractivity contribution is 6.06. The molecule has 0 radical (unpaired) electrons. The van der Waals surface area contributed by atoms with E-state index in [1.807, 2.05) is 42.5 Å². The van der Waals surface area contributed by atoms with Crippen LogP contribution in [-0.4, -0.2) is 40.4 Å². The molecule has 3 aromatic carbocycles. The van der Waals surface area contributed by atoms with Crippen molar-refractivity contribution >= 4 is 23.9 Å². The van der Waals surface area contributed by atoms with E-state index in [0.29, 0.717) is 18.4 Å². The Morgan fingerprint density at radius 1 is 0.868 bits per heavy atom. The Bertz CT molecular complexity index is 1330. The highest BCUT2D eigenvalue weighted by Gasteiger charge is 2.34. The summed E-state index contributed by atoms with van der Waals surface area (Å²) in [6.07, 6.45) is -1.57. The molecule has 1 aliphatic rings. The van der Waals surface area contributed by atoms with Crippen molar-refractivity contribution in [2.45, 2.75) is 31.5 Å². The van der Waals surface area contributed by atoms with E-state index in [1.165, 1.54) is 11.0 Å². The smallest absolute Gasteiger partial charge is 0.416 e. The summed E-state index contributed by atoms with van der Waals surface area (Å²) in [5.41, 5.74) is 1.35. The van der Waals surface area contributed by atoms with Crippen LogP contribution in [0.4, 0.5) is 13.2 Å². The molecule has 0 saturated carbocycles. The largest absolute Gasteiger partial charge is 0.480 e. The average molecular weight is 523 g/mol. The molecule has 0 bridgehead atoms. The zero-order valence-electron chi connectivity index (χ0n) is 20.2. The lowest BCUT2D eigenvalue weighted by Gasteiger charge is -2.33. The summed E-state index contributed by atoms with van der Waals surface area (Å²) >= 11 is 0. The fraction of sp³-hybridized carbons (Fsp3) is 0.207. The van der Waals surface area contributed by atoms with Gasteiger partial charge in [0.25, 0.3) is 11.8 Å². The number of carbonyl (C=O) groups is 3. The van der Waals surface area contributed by atoms with Gasteiger partial charge in [-0.15, -0.1) is 0 Å². The zero-order valence-corrected chi connectivity index (χ0v) is 20.2. The quantitative estimate of drug-likeness (QED) is 0.412. The van der Waals surface area contributed by atoms with E-state index >= 15 is 0 Å². The van der Waals surface area contributed by atoms with Gasteiger partial charge in [-0.25, -0.2) is 4.79 Å². The van der Waals surface area contributed by atoms with Crippen LogP contribution < -0.4 is 5.32 Å². The molecule has 1 aliphatic heterocycles. The van der Waals surface area contributed by atoms with Crippen LogP contribution in [0.25, 0.3) is 17.2 Å². The second kappa shape index (κ2) is 11.3. The van der Waals surface area contributed by atoms with Gasteiger partial charge < -0.3 is 15.3 Å². The van der Waals surface area contributed by atoms with Crippen LogP contribution >= 0.6 is 0 Å². The molecule has 38 heavy (non-hydrogen) atoms. The molecule has 2 N–H and O–H groups in total. The predicted molar refractivity (Wildman–Crippen MR) is 136 cm³/mol. The molecule has 0 aromatic heterocycles. The first-order chi connectivity index (χ1) is 18.1. The molecule has 196 valence electrons. The van der Waals surface area contributed by atoms with Gasteiger partial charge in [0.15, 0.2) is 0 Å². The number of carboxylic acids is 1. The number of likely N-dealkylation sites (tertiary alicyclic amines) is 1. The van der Waals surface area contributed by atoms with Crippen LogP contribution in [0.1, 0.15) is 40.7 Å². The summed E-state index contributed by atoms with van der Waals surface area (Å²) in [5.74, 6) is -2.61. The lowest BCUT2D eigenvalue weighted by molar-refractivity contribution is -0.150. The van der Waals surface area contributed by atoms with Gasteiger partial charge in [-0.3, -0.25) is 9.59 Å². The van der Waals surface area contributed by atoms with Crippen molar-refractivity contribution in [1.82, 2.24) is 10.2 Å². The molecule has 2 amide bonds. The van der Waals surface area contributed by atoms with Gasteiger partial charge in [0.05, 0.1) is 5.56 Å². The maximum atomic E-state index is 13.5. The first-order valence-corrected chi connectivity index (χ1v) is 12.0. The molecule has 3 aromatic rings. The molecular weight excluding hydrogens is 497 g/mol. The maximum absolute atomic E-state index is 13.5. The normalized spacial score (nSPS) is 16.1. The Morgan fingerprint density at radius 3 is 2.11 bits per heavy atom. The number of alkyl halides is 3. The van der Waals surface area contributed by atoms with Crippen molar-refractivity contribution in [3.05, 3.63) is 101 Å². The molecule has 1 fully saturated rings. The third-order valence-corrected chi connectivity index (χ3v) is 6.33. The minimum Gasteiger partial charge on any atom is -0.480 e. The zero-order chi connectivity index (χ0) is 27.3. The summed E-state index contributed by atoms with van der Waals surface area (Å²) in [6.45, 7) is 0.205. The Kier molecular flexibility index (Phi) is 7.95. The number of carboxylic acid groups (broad SMARTS) is 1. The molecule has 6 nitrogen and oxygen atoms in total. The molecule has 1 saturated heterocycles. The van der Waals surface area contributed by atoms with E-state index < -0.39 is 35.6 Å². The van der Waals surface area contributed by atoms with Crippen molar-refractivity contribution < 1.29 is 32.7 Å². The van der Waals surface area contributed by atoms with Crippen LogP contribution in [0.3, 0.4) is 0 Å². The van der Waals surface area contributed by atoms with Crippen LogP contribution in [0.2, 0.25) is 0 Å². The van der Waals surface area contributed by atoms with E-state index in [2.05, 4.69) is 5.32 Å². The van der Waals surface area contributed by atoms with Crippen LogP contribution in [0.5, 0.6) is 0 Å². The number of hydrogen-bond acceptors (Lipinski definition) is 3. The SMILES string of the molecule is O=C(NC(=Cc1ccc(-c2ccccc2)cc1)C(=O)N1CCCCC1C(=O)O)c1ccc(C(F)(F)F)cc1. The number of amides is 2. The third kappa shape index (κ3) is 6.29. The summed E-state index contributed by atoms with van der Waals surface area (Å²) < 4.78 is 38.7. The van der Waals surface area contributed by atoms with Gasteiger partial charge in [0.1, 0.15) is 11.7 Å². The van der Waals surface area contributed by atoms with E-state index in [1.54, 1.807) is 12.1 Å². The first kappa shape index (κ1) is 26.7. The molecular formula is C29H25F3N2O4. The number of rotatable bonds is 6. The van der Waals surface area contributed by atoms with E-state index in [0.717, 1.165) is 35.4 Å². The van der Waals surface area contributed by atoms with Gasteiger partial charge >= 0.3 is 12.1 Å². The van der Waals surface area contributed by atoms with Crippen LogP contribution in [0.15, 0.2) is 84.6 Å². The standard InChI is InChI=1S/C29H25F3N2O4/c30-29(31,32)23-15-13-22(14-16-23)26(35)33-24(27(36)34-17-5-4-8-25(34)28(37)38)18-19-9-11-21(12-10-19)20-6-2-1-3-7-20/h1-3,6-7,9-16,18,25H,4-5,8,17H2,(H,33,35)(H,37,38). The molecule has 9 heteroatoms. The van der Waals surface area contributed by atoms with Crippen LogP contribution in [-0.2, 0) is 15.8 Å². The van der Waals surface area contributed by atoms with Crippen molar-refractivity contribution in [2.75, 3.05) is 6.54 Å². The van der Waals surface area contributed by atoms with E-state index in [-0.39, 0.29) is 24.2 Å². The lowest BCUT2D eigenvalue weighted by atomic mass is 10.0. The summed E-state index contributed by atoms with van der Waals surface area (Å²) in [7, 11) is 0. The topological polar surface area (TPSA) is 86.7 Å². The summed E-state index contributed by atoms with van der Waals surface area (Å²) in [5, 5.41) is 12.1. The van der Waals surface area contributed by atoms with Gasteiger partial charge in [0, 0.05) is 12.1 Å². The second-order valence-corrected chi connectivity index (χ2v) is 8.92. The minimum atomic E-state index is -4.55. The summed E-state index contributed by atoms with van der Waals surface area (Å²) in [4.78, 5) is 39.4. The fourth-order valence-electron chi connectivity index (χ4n) is 4.31. The van der Waals surface area contributed by atoms with Gasteiger partial charge in [-0.1, -0.05) is 54.6 Å². The van der Waals surface area contributed by atoms with Gasteiger partial charge in [0.2, 0.25) is 0 Å². The lowest BCUT2D eigenvalue weighted by Crippen LogP contribution is -2.50. The molecule has 1 atom stereocenters. The maximum Gasteiger partial charge on any atom is 0.416 e. The second-order valence-electron chi connectivity index (χ2n) is 8.92. The number of carbonyl (C=O) groups excluding carboxylic acids is 2. The molecule has 0 aliphatic carbocycles. The monoisotopic (exact) mass is 522 g/mol. The number of hydrogen-bond donors (Lipinski definition) is 2. The van der Waals surface area contributed by atoms with Crippen molar-refractivity contribution in [3.8, 4) is 11.1 Å². The van der Waals surface area contributed by atoms with Gasteiger partial charge in [-0.2, -0.15) is 13.2 Å². The molecule has 1 heterocycles. The number of nitrogens with one attached hydrogen (secondary N) is 1. The fourth-order valence-corrected chi connectivity index (χ4v) is 4.31. The highest BCUT2D eigenvalue weighted by atomic mass is 19.4. The number of aliphatic carboxylic acids is 1. The Hall–Kier alpha value is -4.40. The molecule has 4 rings (SSSR count). The van der Waals surface area contributed by atoms with Crippen molar-refractivity contribution in [2.24, 2.45) is 0 Å². The number of nitrogens with zero attached hydrogens (tertiary/aromatic N) is 1. The Labute approximate surface area is 217 Å². The van der Waals surface area contributed by atoms with Crippen molar-refractivity contribution in [3.63, 3.8) is 0 Å². The van der Waals surface area contributed by atoms with Gasteiger partial charge in [-0.05, 0) is 66.3 Å². The number of piperidine rings is 1. The molecule has 0 spiro atoms. The first-order valence-electron chi connectivity index (χ1n) is 12.0. The third-order valence-electron chi connectivity index (χ3n) is 6.33. The number of benzene rings is 3. The number of halogens is 3. The van der Waals surface area contributed by atoms with Crippen molar-refractivity contribution in [1.29, 1.82) is 0 Å². The average Bonchev–Trinajstić information content (AvgIpc) is 2.92. The highest BCUT2D eigenvalue weighted by Crippen LogP contribution is 2.29. The van der Waals surface area contributed by atoms with Crippen LogP contribution in [0, 0.1) is 0 Å². The van der Waals surface area contributed by atoms with E-state index in [4.69, 9.17) is 0 Å². The predicted octanol–water partition coefficient (Wildman–Crippen LogP) is 5.61. The van der Waals surface area contributed by atoms with E-state index in [9.17, 15) is 32.7 Å². The summed E-state index contributed by atoms with van der Waals surface area (Å²) in [6, 6.07) is 19.4. The minimum absolute atomic E-state index is 0.0791. The Balaban J connectivity index is 1.64.